The molecule has 0 saturated carbocycles. The van der Waals surface area contributed by atoms with Crippen LogP contribution >= 0.6 is 12.6 Å². The van der Waals surface area contributed by atoms with Crippen molar-refractivity contribution >= 4 is 12.6 Å². The molecule has 0 bridgehead atoms. The Morgan fingerprint density at radius 3 is 2.70 bits per heavy atom. The minimum atomic E-state index is 0.821. The van der Waals surface area contributed by atoms with Gasteiger partial charge in [0.05, 0.1) is 6.61 Å². The van der Waals surface area contributed by atoms with Gasteiger partial charge in [0, 0.05) is 25.4 Å². The number of ether oxygens (including phenoxy) is 1. The van der Waals surface area contributed by atoms with E-state index in [4.69, 9.17) is 4.74 Å². The van der Waals surface area contributed by atoms with E-state index in [0.717, 1.165) is 38.5 Å². The molecule has 0 aromatic carbocycles. The number of rotatable bonds is 7. The molecule has 0 saturated heterocycles. The first-order valence-corrected chi connectivity index (χ1v) is 4.44. The predicted octanol–water partition coefficient (Wildman–Crippen LogP) is 0.932. The first-order chi connectivity index (χ1) is 4.91. The summed E-state index contributed by atoms with van der Waals surface area (Å²) in [6, 6.07) is 0. The van der Waals surface area contributed by atoms with E-state index in [9.17, 15) is 0 Å². The van der Waals surface area contributed by atoms with E-state index in [2.05, 4.69) is 24.9 Å². The molecule has 0 aromatic heterocycles. The van der Waals surface area contributed by atoms with Crippen molar-refractivity contribution in [3.63, 3.8) is 0 Å². The Labute approximate surface area is 68.7 Å². The van der Waals surface area contributed by atoms with Gasteiger partial charge in [-0.1, -0.05) is 6.92 Å². The van der Waals surface area contributed by atoms with Crippen molar-refractivity contribution in [2.24, 2.45) is 0 Å². The highest BCUT2D eigenvalue weighted by atomic mass is 32.1. The summed E-state index contributed by atoms with van der Waals surface area (Å²) in [7, 11) is 0. The summed E-state index contributed by atoms with van der Waals surface area (Å²) in [4.78, 5) is 0. The zero-order chi connectivity index (χ0) is 7.66. The van der Waals surface area contributed by atoms with Crippen molar-refractivity contribution < 1.29 is 4.74 Å². The van der Waals surface area contributed by atoms with Crippen LogP contribution in [0.5, 0.6) is 0 Å². The third-order valence-electron chi connectivity index (χ3n) is 1.06. The molecule has 0 fully saturated rings. The lowest BCUT2D eigenvalue weighted by Gasteiger charge is -2.02. The summed E-state index contributed by atoms with van der Waals surface area (Å²) in [5.74, 6) is 0.897. The van der Waals surface area contributed by atoms with Gasteiger partial charge in [0.15, 0.2) is 0 Å². The topological polar surface area (TPSA) is 21.3 Å². The van der Waals surface area contributed by atoms with Crippen LogP contribution in [0.4, 0.5) is 0 Å². The monoisotopic (exact) mass is 163 g/mol. The van der Waals surface area contributed by atoms with Crippen LogP contribution in [0.1, 0.15) is 13.3 Å². The van der Waals surface area contributed by atoms with Crippen LogP contribution < -0.4 is 5.32 Å². The third-order valence-corrected chi connectivity index (χ3v) is 1.28. The van der Waals surface area contributed by atoms with Crippen LogP contribution in [0.25, 0.3) is 0 Å². The maximum atomic E-state index is 5.24. The Bertz CT molecular complexity index is 53.6. The maximum absolute atomic E-state index is 5.24. The van der Waals surface area contributed by atoms with Gasteiger partial charge in [-0.25, -0.2) is 0 Å². The molecular formula is C7H17NOS. The molecule has 0 radical (unpaired) electrons. The van der Waals surface area contributed by atoms with Gasteiger partial charge in [0.1, 0.15) is 0 Å². The van der Waals surface area contributed by atoms with E-state index in [0.29, 0.717) is 0 Å². The van der Waals surface area contributed by atoms with Crippen LogP contribution in [0.2, 0.25) is 0 Å². The Hall–Kier alpha value is 0.270. The van der Waals surface area contributed by atoms with Crippen molar-refractivity contribution in [2.75, 3.05) is 32.1 Å². The molecule has 0 aliphatic heterocycles. The summed E-state index contributed by atoms with van der Waals surface area (Å²) >= 11 is 4.06. The highest BCUT2D eigenvalue weighted by molar-refractivity contribution is 7.80. The lowest BCUT2D eigenvalue weighted by molar-refractivity contribution is 0.137. The van der Waals surface area contributed by atoms with Crippen molar-refractivity contribution in [2.45, 2.75) is 13.3 Å². The van der Waals surface area contributed by atoms with E-state index in [1.54, 1.807) is 0 Å². The zero-order valence-electron chi connectivity index (χ0n) is 6.60. The second kappa shape index (κ2) is 9.27. The van der Waals surface area contributed by atoms with Gasteiger partial charge in [-0.05, 0) is 6.42 Å². The van der Waals surface area contributed by atoms with Gasteiger partial charge in [-0.3, -0.25) is 0 Å². The fourth-order valence-corrected chi connectivity index (χ4v) is 0.753. The number of hydrogen-bond acceptors (Lipinski definition) is 3. The smallest absolute Gasteiger partial charge is 0.0590 e. The van der Waals surface area contributed by atoms with Crippen LogP contribution in [-0.2, 0) is 4.74 Å². The minimum Gasteiger partial charge on any atom is -0.380 e. The molecular weight excluding hydrogens is 146 g/mol. The van der Waals surface area contributed by atoms with Gasteiger partial charge in [0.2, 0.25) is 0 Å². The van der Waals surface area contributed by atoms with Gasteiger partial charge in [-0.2, -0.15) is 12.6 Å². The van der Waals surface area contributed by atoms with Crippen molar-refractivity contribution in [3.8, 4) is 0 Å². The quantitative estimate of drug-likeness (QED) is 0.430. The fraction of sp³-hybridized carbons (Fsp3) is 1.00. The Kier molecular flexibility index (Phi) is 9.52. The summed E-state index contributed by atoms with van der Waals surface area (Å²) < 4.78 is 5.24. The van der Waals surface area contributed by atoms with Gasteiger partial charge >= 0.3 is 0 Å². The predicted molar refractivity (Wildman–Crippen MR) is 47.8 cm³/mol. The second-order valence-corrected chi connectivity index (χ2v) is 2.53. The molecule has 0 atom stereocenters. The van der Waals surface area contributed by atoms with Crippen LogP contribution in [0.15, 0.2) is 0 Å². The Morgan fingerprint density at radius 2 is 2.10 bits per heavy atom. The van der Waals surface area contributed by atoms with Crippen LogP contribution in [0, 0.1) is 0 Å². The SMILES string of the molecule is CCCOCCNCCS. The van der Waals surface area contributed by atoms with E-state index < -0.39 is 0 Å². The molecule has 0 rings (SSSR count). The first kappa shape index (κ1) is 10.3. The van der Waals surface area contributed by atoms with Crippen molar-refractivity contribution in [3.05, 3.63) is 0 Å². The zero-order valence-corrected chi connectivity index (χ0v) is 7.49. The summed E-state index contributed by atoms with van der Waals surface area (Å²) in [6.45, 7) is 5.73. The van der Waals surface area contributed by atoms with E-state index in [1.165, 1.54) is 0 Å². The average Bonchev–Trinajstić information content (AvgIpc) is 1.97. The Balaban J connectivity index is 2.65. The van der Waals surface area contributed by atoms with Crippen molar-refractivity contribution in [1.29, 1.82) is 0 Å². The highest BCUT2D eigenvalue weighted by Crippen LogP contribution is 1.78. The van der Waals surface area contributed by atoms with Gasteiger partial charge in [0.25, 0.3) is 0 Å². The van der Waals surface area contributed by atoms with Gasteiger partial charge < -0.3 is 10.1 Å². The van der Waals surface area contributed by atoms with E-state index in [1.807, 2.05) is 0 Å². The molecule has 0 unspecified atom stereocenters. The molecule has 1 N–H and O–H groups in total. The van der Waals surface area contributed by atoms with Crippen LogP contribution in [-0.4, -0.2) is 32.1 Å². The molecule has 10 heavy (non-hydrogen) atoms. The lowest BCUT2D eigenvalue weighted by atomic mass is 10.5. The largest absolute Gasteiger partial charge is 0.380 e. The molecule has 0 aliphatic rings. The second-order valence-electron chi connectivity index (χ2n) is 2.09. The van der Waals surface area contributed by atoms with Gasteiger partial charge in [-0.15, -0.1) is 0 Å². The first-order valence-electron chi connectivity index (χ1n) is 3.81. The molecule has 0 aliphatic carbocycles. The standard InChI is InChI=1S/C7H17NOS/c1-2-5-9-6-3-8-4-7-10/h8,10H,2-7H2,1H3. The minimum absolute atomic E-state index is 0.821. The molecule has 0 aromatic rings. The molecule has 0 spiro atoms. The van der Waals surface area contributed by atoms with E-state index in [-0.39, 0.29) is 0 Å². The number of hydrogen-bond donors (Lipinski definition) is 2. The molecule has 0 heterocycles. The summed E-state index contributed by atoms with van der Waals surface area (Å²) in [6.07, 6.45) is 1.10. The van der Waals surface area contributed by atoms with E-state index >= 15 is 0 Å². The van der Waals surface area contributed by atoms with Crippen LogP contribution in [0.3, 0.4) is 0 Å². The normalized spacial score (nSPS) is 10.2. The maximum Gasteiger partial charge on any atom is 0.0590 e. The molecule has 0 amide bonds. The third kappa shape index (κ3) is 8.27. The fourth-order valence-electron chi connectivity index (χ4n) is 0.595. The molecule has 3 heteroatoms. The van der Waals surface area contributed by atoms with Crippen molar-refractivity contribution in [1.82, 2.24) is 5.32 Å². The lowest BCUT2D eigenvalue weighted by Crippen LogP contribution is -2.21. The highest BCUT2D eigenvalue weighted by Gasteiger charge is 1.84. The summed E-state index contributed by atoms with van der Waals surface area (Å²) in [5.41, 5.74) is 0. The summed E-state index contributed by atoms with van der Waals surface area (Å²) in [5, 5.41) is 3.19. The number of nitrogens with one attached hydrogen (secondary N) is 1. The molecule has 2 nitrogen and oxygen atoms in total. The number of thiol groups is 1. The average molecular weight is 163 g/mol. The Morgan fingerprint density at radius 1 is 1.30 bits per heavy atom. The molecule has 62 valence electrons.